The zero-order chi connectivity index (χ0) is 59.6. The van der Waals surface area contributed by atoms with Crippen molar-refractivity contribution < 1.29 is 77.9 Å². The van der Waals surface area contributed by atoms with Gasteiger partial charge in [0.05, 0.1) is 25.7 Å². The molecule has 11 atom stereocenters. The van der Waals surface area contributed by atoms with E-state index in [0.717, 1.165) is 25.7 Å². The second kappa shape index (κ2) is 35.5. The molecule has 25 heteroatoms. The van der Waals surface area contributed by atoms with Gasteiger partial charge in [-0.2, -0.15) is 0 Å². The van der Waals surface area contributed by atoms with Gasteiger partial charge in [-0.25, -0.2) is 4.79 Å². The Morgan fingerprint density at radius 3 is 1.51 bits per heavy atom. The minimum atomic E-state index is -1.95. The van der Waals surface area contributed by atoms with Crippen LogP contribution < -0.4 is 47.9 Å². The molecule has 0 aromatic rings. The molecule has 1 aliphatic heterocycles. The summed E-state index contributed by atoms with van der Waals surface area (Å²) in [5, 5.41) is 63.3. The number of hydrogen-bond acceptors (Lipinski definition) is 15. The average Bonchev–Trinajstić information content (AvgIpc) is 3.33. The largest absolute Gasteiger partial charge is 0.481 e. The van der Waals surface area contributed by atoms with Crippen LogP contribution >= 0.6 is 0 Å². The van der Waals surface area contributed by atoms with Crippen molar-refractivity contribution in [2.24, 2.45) is 29.6 Å². The van der Waals surface area contributed by atoms with Gasteiger partial charge in [-0.15, -0.1) is 0 Å². The van der Waals surface area contributed by atoms with Gasteiger partial charge in [-0.3, -0.25) is 47.9 Å². The van der Waals surface area contributed by atoms with Crippen molar-refractivity contribution in [1.29, 1.82) is 0 Å². The number of unbranched alkanes of at least 4 members (excludes halogenated alkanes) is 4. The van der Waals surface area contributed by atoms with Gasteiger partial charge in [0.1, 0.15) is 60.5 Å². The highest BCUT2D eigenvalue weighted by molar-refractivity contribution is 5.99. The van der Waals surface area contributed by atoms with Crippen molar-refractivity contribution in [1.82, 2.24) is 47.9 Å². The molecule has 1 rings (SSSR count). The highest BCUT2D eigenvalue weighted by atomic mass is 16.5. The number of aliphatic carboxylic acids is 1. The van der Waals surface area contributed by atoms with Gasteiger partial charge in [-0.05, 0) is 68.6 Å². The Balaban J connectivity index is 3.95. The topological polar surface area (TPSA) is 386 Å². The molecule has 0 spiro atoms. The van der Waals surface area contributed by atoms with Gasteiger partial charge < -0.3 is 73.0 Å². The third kappa shape index (κ3) is 25.7. The number of rotatable bonds is 26. The van der Waals surface area contributed by atoms with Crippen molar-refractivity contribution in [3.8, 4) is 0 Å². The van der Waals surface area contributed by atoms with E-state index in [1.807, 2.05) is 0 Å². The number of carboxylic acids is 1. The van der Waals surface area contributed by atoms with Gasteiger partial charge in [-0.1, -0.05) is 108 Å². The first-order valence-electron chi connectivity index (χ1n) is 27.5. The summed E-state index contributed by atoms with van der Waals surface area (Å²) in [6, 6.07) is -14.1. The number of carbonyl (C=O) groups is 11. The molecule has 1 saturated heterocycles. The smallest absolute Gasteiger partial charge is 0.329 e. The summed E-state index contributed by atoms with van der Waals surface area (Å²) in [6.07, 6.45) is 0.809. The molecule has 0 aromatic heterocycles. The molecule has 446 valence electrons. The summed E-state index contributed by atoms with van der Waals surface area (Å²) in [6.45, 7) is 18.0. The van der Waals surface area contributed by atoms with Crippen molar-refractivity contribution in [2.45, 2.75) is 227 Å². The highest BCUT2D eigenvalue weighted by Gasteiger charge is 2.40. The molecule has 1 aliphatic rings. The number of cyclic esters (lactones) is 1. The van der Waals surface area contributed by atoms with Crippen LogP contribution in [0.15, 0.2) is 0 Å². The average molecular weight is 1110 g/mol. The fraction of sp³-hybridized carbons (Fsp3) is 0.792. The molecule has 0 radical (unpaired) electrons. The lowest BCUT2D eigenvalue weighted by Crippen LogP contribution is -2.63. The molecule has 1 heterocycles. The number of aliphatic hydroxyl groups excluding tert-OH is 3. The van der Waals surface area contributed by atoms with Gasteiger partial charge in [0, 0.05) is 6.42 Å². The van der Waals surface area contributed by atoms with Crippen LogP contribution in [0.4, 0.5) is 0 Å². The molecule has 9 amide bonds. The second-order valence-electron chi connectivity index (χ2n) is 22.3. The number of carboxylic acid groups (broad SMARTS) is 1. The Bertz CT molecular complexity index is 2000. The Labute approximate surface area is 459 Å². The molecule has 0 aromatic carbocycles. The third-order valence-corrected chi connectivity index (χ3v) is 12.8. The third-order valence-electron chi connectivity index (χ3n) is 12.8. The van der Waals surface area contributed by atoms with Crippen molar-refractivity contribution >= 4 is 65.1 Å². The van der Waals surface area contributed by atoms with E-state index in [0.29, 0.717) is 12.8 Å². The Morgan fingerprint density at radius 2 is 1.04 bits per heavy atom. The van der Waals surface area contributed by atoms with Gasteiger partial charge >= 0.3 is 11.9 Å². The van der Waals surface area contributed by atoms with Crippen LogP contribution in [0.3, 0.4) is 0 Å². The Morgan fingerprint density at radius 1 is 0.564 bits per heavy atom. The molecule has 0 saturated carbocycles. The van der Waals surface area contributed by atoms with Crippen molar-refractivity contribution in [3.63, 3.8) is 0 Å². The quantitative estimate of drug-likeness (QED) is 0.0391. The predicted octanol–water partition coefficient (Wildman–Crippen LogP) is -0.294. The van der Waals surface area contributed by atoms with Crippen molar-refractivity contribution in [3.05, 3.63) is 0 Å². The lowest BCUT2D eigenvalue weighted by atomic mass is 9.98. The van der Waals surface area contributed by atoms with Crippen LogP contribution in [-0.2, 0) is 57.5 Å². The maximum atomic E-state index is 14.6. The summed E-state index contributed by atoms with van der Waals surface area (Å²) in [5.41, 5.74) is 0. The predicted molar refractivity (Wildman–Crippen MR) is 286 cm³/mol. The van der Waals surface area contributed by atoms with E-state index < -0.39 is 170 Å². The highest BCUT2D eigenvalue weighted by Crippen LogP contribution is 2.16. The first-order valence-corrected chi connectivity index (χ1v) is 27.5. The molecule has 0 unspecified atom stereocenters. The molecule has 0 bridgehead atoms. The lowest BCUT2D eigenvalue weighted by molar-refractivity contribution is -0.157. The summed E-state index contributed by atoms with van der Waals surface area (Å²) in [5.74, 6) is -13.5. The fourth-order valence-corrected chi connectivity index (χ4v) is 8.44. The molecule has 0 aliphatic carbocycles. The van der Waals surface area contributed by atoms with Crippen LogP contribution in [-0.4, -0.2) is 165 Å². The second-order valence-corrected chi connectivity index (χ2v) is 22.3. The SMILES string of the molecule is CCCCCCC[C@@H](O)CC(=O)N[C@@H](CC(C)C)C(=O)N[C@H](CCC(=O)O)C(=O)N[C@H]1C(=O)N[C@H](C(C)C)C(=O)N[C@@H](CC(C)C)C(=O)N[C@H](CO)C(=O)N[C@@H](CC(C)C)C(=O)N[C@H](CO)C(=O)N[C@@H](C(C)C)C(=O)O[C@@H]1C. The van der Waals surface area contributed by atoms with E-state index in [9.17, 15) is 73.2 Å². The van der Waals surface area contributed by atoms with E-state index >= 15 is 0 Å². The Kier molecular flexibility index (Phi) is 31.9. The molecule has 13 N–H and O–H groups in total. The first-order chi connectivity index (χ1) is 36.4. The number of carbonyl (C=O) groups excluding carboxylic acids is 10. The number of amides is 9. The summed E-state index contributed by atoms with van der Waals surface area (Å²) >= 11 is 0. The zero-order valence-corrected chi connectivity index (χ0v) is 47.8. The minimum absolute atomic E-state index is 0.0109. The fourth-order valence-electron chi connectivity index (χ4n) is 8.44. The van der Waals surface area contributed by atoms with Crippen LogP contribution in [0.2, 0.25) is 0 Å². The number of nitrogens with one attached hydrogen (secondary N) is 9. The first kappa shape index (κ1) is 70.1. The maximum absolute atomic E-state index is 14.6. The number of ether oxygens (including phenoxy) is 1. The normalized spacial score (nSPS) is 23.8. The van der Waals surface area contributed by atoms with Gasteiger partial charge in [0.2, 0.25) is 53.2 Å². The monoisotopic (exact) mass is 1110 g/mol. The minimum Gasteiger partial charge on any atom is -0.481 e. The van der Waals surface area contributed by atoms with E-state index in [4.69, 9.17) is 4.74 Å². The molecule has 1 fully saturated rings. The van der Waals surface area contributed by atoms with Crippen LogP contribution in [0.1, 0.15) is 160 Å². The Hall–Kier alpha value is -5.95. The summed E-state index contributed by atoms with van der Waals surface area (Å²) < 4.78 is 5.76. The lowest BCUT2D eigenvalue weighted by Gasteiger charge is -2.32. The maximum Gasteiger partial charge on any atom is 0.329 e. The van der Waals surface area contributed by atoms with Crippen LogP contribution in [0.5, 0.6) is 0 Å². The van der Waals surface area contributed by atoms with Crippen LogP contribution in [0.25, 0.3) is 0 Å². The van der Waals surface area contributed by atoms with Gasteiger partial charge in [0.15, 0.2) is 0 Å². The number of aliphatic hydroxyl groups is 3. The van der Waals surface area contributed by atoms with Crippen molar-refractivity contribution in [2.75, 3.05) is 13.2 Å². The van der Waals surface area contributed by atoms with Gasteiger partial charge in [0.25, 0.3) is 0 Å². The summed E-state index contributed by atoms with van der Waals surface area (Å²) in [4.78, 5) is 151. The van der Waals surface area contributed by atoms with E-state index in [2.05, 4.69) is 54.8 Å². The zero-order valence-electron chi connectivity index (χ0n) is 47.8. The molecular formula is C53H93N9O16. The molecule has 25 nitrogen and oxygen atoms in total. The van der Waals surface area contributed by atoms with Crippen LogP contribution in [0, 0.1) is 29.6 Å². The summed E-state index contributed by atoms with van der Waals surface area (Å²) in [7, 11) is 0. The molecular weight excluding hydrogens is 1020 g/mol. The van der Waals surface area contributed by atoms with E-state index in [1.165, 1.54) is 20.8 Å². The number of esters is 1. The standard InChI is InChI=1S/C53H93N9O16/c1-13-14-15-16-17-18-33(65)24-40(66)54-35(21-27(2)3)46(70)55-34(19-20-41(67)68)45(69)62-44-32(12)78-53(77)43(31(10)11)61-50(74)39(26-64)59-47(71)36(22-28(4)5)56-49(73)38(25-63)58-48(72)37(23-29(6)7)57-51(75)42(30(8)9)60-52(44)76/h27-39,42-44,63-65H,13-26H2,1-12H3,(H,54,66)(H,55,70)(H,56,73)(H,57,75)(H,58,72)(H,59,71)(H,60,76)(H,61,74)(H,62,69)(H,67,68)/t32-,33-,34-,35+,36+,37+,38-,39-,42-,43+,44-/m1/s1. The molecule has 78 heavy (non-hydrogen) atoms. The van der Waals surface area contributed by atoms with E-state index in [-0.39, 0.29) is 43.4 Å². The number of hydrogen-bond donors (Lipinski definition) is 13. The van der Waals surface area contributed by atoms with E-state index in [1.54, 1.807) is 55.4 Å².